The van der Waals surface area contributed by atoms with Crippen LogP contribution < -0.4 is 9.47 Å². The molecule has 0 N–H and O–H groups in total. The van der Waals surface area contributed by atoms with E-state index < -0.39 is 0 Å². The lowest BCUT2D eigenvalue weighted by Crippen LogP contribution is -2.26. The Morgan fingerprint density at radius 2 is 1.95 bits per heavy atom. The van der Waals surface area contributed by atoms with Gasteiger partial charge in [-0.25, -0.2) is 0 Å². The highest BCUT2D eigenvalue weighted by atomic mass is 16.5. The second-order valence-electron chi connectivity index (χ2n) is 4.71. The van der Waals surface area contributed by atoms with Crippen LogP contribution in [0.5, 0.6) is 11.5 Å². The van der Waals surface area contributed by atoms with Crippen molar-refractivity contribution in [3.63, 3.8) is 0 Å². The Bertz CT molecular complexity index is 633. The monoisotopic (exact) mass is 289 g/mol. The summed E-state index contributed by atoms with van der Waals surface area (Å²) in [6, 6.07) is 8.97. The van der Waals surface area contributed by atoms with E-state index in [2.05, 4.69) is 0 Å². The van der Waals surface area contributed by atoms with Crippen molar-refractivity contribution in [3.8, 4) is 11.5 Å². The second-order valence-corrected chi connectivity index (χ2v) is 4.71. The molecule has 0 fully saturated rings. The van der Waals surface area contributed by atoms with Crippen molar-refractivity contribution in [1.82, 2.24) is 4.90 Å². The van der Waals surface area contributed by atoms with Crippen molar-refractivity contribution in [1.29, 1.82) is 0 Å². The van der Waals surface area contributed by atoms with Gasteiger partial charge in [0.05, 0.1) is 26.3 Å². The Morgan fingerprint density at radius 3 is 2.52 bits per heavy atom. The summed E-state index contributed by atoms with van der Waals surface area (Å²) in [5.41, 5.74) is 0.461. The summed E-state index contributed by atoms with van der Waals surface area (Å²) in [5.74, 6) is 2.38. The van der Waals surface area contributed by atoms with Gasteiger partial charge in [0.25, 0.3) is 5.91 Å². The van der Waals surface area contributed by atoms with E-state index in [1.807, 2.05) is 19.1 Å². The molecule has 0 aliphatic carbocycles. The van der Waals surface area contributed by atoms with E-state index in [9.17, 15) is 4.79 Å². The lowest BCUT2D eigenvalue weighted by Gasteiger charge is -2.18. The number of benzene rings is 1. The zero-order valence-electron chi connectivity index (χ0n) is 12.7. The van der Waals surface area contributed by atoms with E-state index in [-0.39, 0.29) is 5.91 Å². The second kappa shape index (κ2) is 6.35. The van der Waals surface area contributed by atoms with Crippen molar-refractivity contribution < 1.29 is 18.7 Å². The van der Waals surface area contributed by atoms with Crippen LogP contribution in [0, 0.1) is 6.92 Å². The Balaban J connectivity index is 2.23. The molecule has 0 saturated heterocycles. The average Bonchev–Trinajstić information content (AvgIpc) is 2.90. The first kappa shape index (κ1) is 15.0. The van der Waals surface area contributed by atoms with Crippen molar-refractivity contribution in [2.45, 2.75) is 13.5 Å². The normalized spacial score (nSPS) is 10.3. The number of para-hydroxylation sites is 1. The summed E-state index contributed by atoms with van der Waals surface area (Å²) in [5, 5.41) is 0. The van der Waals surface area contributed by atoms with Gasteiger partial charge in [0.1, 0.15) is 11.5 Å². The molecule has 0 aliphatic rings. The SMILES string of the molecule is COc1cccc(C(=O)N(C)Cc2ccc(C)o2)c1OC. The Kier molecular flexibility index (Phi) is 4.52. The van der Waals surface area contributed by atoms with E-state index in [0.29, 0.717) is 23.6 Å². The van der Waals surface area contributed by atoms with Gasteiger partial charge in [-0.1, -0.05) is 6.07 Å². The molecule has 112 valence electrons. The molecule has 0 saturated carbocycles. The van der Waals surface area contributed by atoms with Crippen LogP contribution in [-0.2, 0) is 6.54 Å². The van der Waals surface area contributed by atoms with Gasteiger partial charge in [-0.15, -0.1) is 0 Å². The first-order valence-corrected chi connectivity index (χ1v) is 6.58. The maximum Gasteiger partial charge on any atom is 0.257 e. The molecule has 0 bridgehead atoms. The highest BCUT2D eigenvalue weighted by Crippen LogP contribution is 2.31. The van der Waals surface area contributed by atoms with Crippen LogP contribution in [0.25, 0.3) is 0 Å². The minimum absolute atomic E-state index is 0.153. The molecule has 0 spiro atoms. The molecular weight excluding hydrogens is 270 g/mol. The molecule has 0 aliphatic heterocycles. The molecular formula is C16H19NO4. The van der Waals surface area contributed by atoms with Crippen LogP contribution in [0.4, 0.5) is 0 Å². The van der Waals surface area contributed by atoms with Crippen LogP contribution in [0.2, 0.25) is 0 Å². The summed E-state index contributed by atoms with van der Waals surface area (Å²) < 4.78 is 16.0. The molecule has 0 atom stereocenters. The van der Waals surface area contributed by atoms with Crippen LogP contribution in [0.15, 0.2) is 34.7 Å². The quantitative estimate of drug-likeness (QED) is 0.849. The zero-order valence-corrected chi connectivity index (χ0v) is 12.7. The number of methoxy groups -OCH3 is 2. The minimum atomic E-state index is -0.153. The predicted molar refractivity (Wildman–Crippen MR) is 78.8 cm³/mol. The predicted octanol–water partition coefficient (Wildman–Crippen LogP) is 2.88. The number of amides is 1. The van der Waals surface area contributed by atoms with Gasteiger partial charge in [0, 0.05) is 7.05 Å². The Labute approximate surface area is 124 Å². The summed E-state index contributed by atoms with van der Waals surface area (Å²) in [7, 11) is 4.78. The topological polar surface area (TPSA) is 51.9 Å². The third-order valence-corrected chi connectivity index (χ3v) is 3.17. The summed E-state index contributed by atoms with van der Waals surface area (Å²) >= 11 is 0. The average molecular weight is 289 g/mol. The molecule has 1 amide bonds. The highest BCUT2D eigenvalue weighted by Gasteiger charge is 2.20. The number of rotatable bonds is 5. The van der Waals surface area contributed by atoms with Crippen LogP contribution in [-0.4, -0.2) is 32.1 Å². The molecule has 1 aromatic carbocycles. The number of hydrogen-bond acceptors (Lipinski definition) is 4. The van der Waals surface area contributed by atoms with Gasteiger partial charge in [0.15, 0.2) is 11.5 Å². The molecule has 2 rings (SSSR count). The van der Waals surface area contributed by atoms with Gasteiger partial charge in [-0.3, -0.25) is 4.79 Å². The first-order valence-electron chi connectivity index (χ1n) is 6.58. The van der Waals surface area contributed by atoms with Crippen molar-refractivity contribution in [3.05, 3.63) is 47.4 Å². The molecule has 5 nitrogen and oxygen atoms in total. The lowest BCUT2D eigenvalue weighted by molar-refractivity contribution is 0.0771. The fraction of sp³-hybridized carbons (Fsp3) is 0.312. The molecule has 0 unspecified atom stereocenters. The highest BCUT2D eigenvalue weighted by molar-refractivity contribution is 5.97. The largest absolute Gasteiger partial charge is 0.493 e. The minimum Gasteiger partial charge on any atom is -0.493 e. The number of carbonyl (C=O) groups is 1. The number of carbonyl (C=O) groups excluding carboxylic acids is 1. The van der Waals surface area contributed by atoms with Gasteiger partial charge in [0.2, 0.25) is 0 Å². The third-order valence-electron chi connectivity index (χ3n) is 3.17. The molecule has 1 aromatic heterocycles. The van der Waals surface area contributed by atoms with Crippen molar-refractivity contribution in [2.75, 3.05) is 21.3 Å². The fourth-order valence-electron chi connectivity index (χ4n) is 2.14. The van der Waals surface area contributed by atoms with Gasteiger partial charge in [-0.2, -0.15) is 0 Å². The molecule has 5 heteroatoms. The van der Waals surface area contributed by atoms with E-state index >= 15 is 0 Å². The summed E-state index contributed by atoms with van der Waals surface area (Å²) in [6.07, 6.45) is 0. The van der Waals surface area contributed by atoms with Crippen LogP contribution in [0.3, 0.4) is 0 Å². The van der Waals surface area contributed by atoms with E-state index in [0.717, 1.165) is 11.5 Å². The number of furan rings is 1. The number of aryl methyl sites for hydroxylation is 1. The molecule has 2 aromatic rings. The smallest absolute Gasteiger partial charge is 0.257 e. The van der Waals surface area contributed by atoms with Gasteiger partial charge < -0.3 is 18.8 Å². The standard InChI is InChI=1S/C16H19NO4/c1-11-8-9-12(21-11)10-17(2)16(18)13-6-5-7-14(19-3)15(13)20-4/h5-9H,10H2,1-4H3. The Morgan fingerprint density at radius 1 is 1.19 bits per heavy atom. The number of hydrogen-bond donors (Lipinski definition) is 0. The van der Waals surface area contributed by atoms with E-state index in [1.54, 1.807) is 37.3 Å². The van der Waals surface area contributed by atoms with Gasteiger partial charge >= 0.3 is 0 Å². The summed E-state index contributed by atoms with van der Waals surface area (Å²) in [4.78, 5) is 14.1. The van der Waals surface area contributed by atoms with Crippen molar-refractivity contribution in [2.24, 2.45) is 0 Å². The van der Waals surface area contributed by atoms with Crippen LogP contribution in [0.1, 0.15) is 21.9 Å². The first-order chi connectivity index (χ1) is 10.1. The Hall–Kier alpha value is -2.43. The third kappa shape index (κ3) is 3.18. The van der Waals surface area contributed by atoms with Crippen molar-refractivity contribution >= 4 is 5.91 Å². The molecule has 0 radical (unpaired) electrons. The maximum atomic E-state index is 12.6. The maximum absolute atomic E-state index is 12.6. The zero-order chi connectivity index (χ0) is 15.4. The van der Waals surface area contributed by atoms with E-state index in [4.69, 9.17) is 13.9 Å². The van der Waals surface area contributed by atoms with E-state index in [1.165, 1.54) is 7.11 Å². The molecule has 21 heavy (non-hydrogen) atoms. The number of nitrogens with zero attached hydrogens (tertiary/aromatic N) is 1. The molecule has 1 heterocycles. The lowest BCUT2D eigenvalue weighted by atomic mass is 10.1. The van der Waals surface area contributed by atoms with Crippen LogP contribution >= 0.6 is 0 Å². The fourth-order valence-corrected chi connectivity index (χ4v) is 2.14. The van der Waals surface area contributed by atoms with Gasteiger partial charge in [-0.05, 0) is 31.2 Å². The summed E-state index contributed by atoms with van der Waals surface area (Å²) in [6.45, 7) is 2.27. The number of ether oxygens (including phenoxy) is 2.